The number of hydrogen-bond acceptors (Lipinski definition) is 12. The Kier molecular flexibility index (Phi) is 11.9. The maximum atomic E-state index is 15.1. The van der Waals surface area contributed by atoms with Crippen molar-refractivity contribution in [2.75, 3.05) is 44.7 Å². The Balaban J connectivity index is 1.08. The molecule has 4 aliphatic rings. The van der Waals surface area contributed by atoms with E-state index in [-0.39, 0.29) is 31.7 Å². The molecular weight excluding hydrogens is 825 g/mol. The molecule has 1 unspecified atom stereocenters. The number of piperazine rings is 1. The number of anilines is 1. The lowest BCUT2D eigenvalue weighted by Crippen LogP contribution is -2.57. The molecule has 2 saturated carbocycles. The second kappa shape index (κ2) is 17.2. The first kappa shape index (κ1) is 43.5. The summed E-state index contributed by atoms with van der Waals surface area (Å²) in [6.45, 7) is 11.5. The highest BCUT2D eigenvalue weighted by molar-refractivity contribution is 7.91. The van der Waals surface area contributed by atoms with Crippen LogP contribution in [0.15, 0.2) is 85.8 Å². The lowest BCUT2D eigenvalue weighted by Gasteiger charge is -2.38. The molecule has 2 saturated heterocycles. The number of methoxy groups -OCH3 is 1. The number of amides is 4. The Hall–Kier alpha value is -6.10. The third kappa shape index (κ3) is 9.19. The van der Waals surface area contributed by atoms with Gasteiger partial charge in [-0.05, 0) is 36.8 Å². The van der Waals surface area contributed by atoms with E-state index in [1.165, 1.54) is 11.0 Å². The number of ether oxygens (including phenoxy) is 2. The summed E-state index contributed by atoms with van der Waals surface area (Å²) in [7, 11) is -2.35. The van der Waals surface area contributed by atoms with Crippen LogP contribution in [0.5, 0.6) is 11.5 Å². The highest BCUT2D eigenvalue weighted by atomic mass is 32.2. The van der Waals surface area contributed by atoms with Crippen molar-refractivity contribution >= 4 is 50.4 Å². The molecule has 8 rings (SSSR count). The van der Waals surface area contributed by atoms with E-state index in [1.807, 2.05) is 69.3 Å². The normalized spacial score (nSPS) is 22.9. The fourth-order valence-corrected chi connectivity index (χ4v) is 10.0. The van der Waals surface area contributed by atoms with Crippen LogP contribution in [-0.4, -0.2) is 120 Å². The molecule has 0 spiro atoms. The average Bonchev–Trinajstić information content (AvgIpc) is 4.22. The van der Waals surface area contributed by atoms with Crippen molar-refractivity contribution in [3.05, 3.63) is 85.8 Å². The van der Waals surface area contributed by atoms with Gasteiger partial charge >= 0.3 is 0 Å². The van der Waals surface area contributed by atoms with Crippen LogP contribution in [0.4, 0.5) is 5.82 Å². The molecule has 16 nitrogen and oxygen atoms in total. The number of benzene rings is 2. The van der Waals surface area contributed by atoms with Crippen molar-refractivity contribution in [2.24, 2.45) is 17.3 Å². The van der Waals surface area contributed by atoms with Gasteiger partial charge in [0.2, 0.25) is 27.7 Å². The molecule has 5 atom stereocenters. The summed E-state index contributed by atoms with van der Waals surface area (Å²) in [5.74, 6) is -1.59. The van der Waals surface area contributed by atoms with E-state index in [9.17, 15) is 22.8 Å². The van der Waals surface area contributed by atoms with Gasteiger partial charge in [-0.25, -0.2) is 18.4 Å². The van der Waals surface area contributed by atoms with Crippen LogP contribution in [-0.2, 0) is 29.2 Å². The molecule has 0 bridgehead atoms. The molecule has 4 fully saturated rings. The van der Waals surface area contributed by atoms with Gasteiger partial charge < -0.3 is 29.5 Å². The van der Waals surface area contributed by atoms with Crippen LogP contribution in [0.25, 0.3) is 22.2 Å². The molecule has 2 aromatic heterocycles. The van der Waals surface area contributed by atoms with Crippen molar-refractivity contribution in [3.8, 4) is 22.8 Å². The third-order valence-corrected chi connectivity index (χ3v) is 14.5. The maximum absolute atomic E-state index is 15.1. The molecular formula is C46H54N8O8S. The highest BCUT2D eigenvalue weighted by Crippen LogP contribution is 2.46. The number of fused-ring (bicyclic) bond motifs is 1. The zero-order valence-electron chi connectivity index (χ0n) is 36.0. The minimum absolute atomic E-state index is 0.00470. The van der Waals surface area contributed by atoms with Crippen LogP contribution in [0.3, 0.4) is 0 Å². The van der Waals surface area contributed by atoms with Gasteiger partial charge in [0.05, 0.1) is 42.2 Å². The number of likely N-dealkylation sites (tertiary alicyclic amines) is 1. The van der Waals surface area contributed by atoms with Gasteiger partial charge in [0, 0.05) is 80.4 Å². The summed E-state index contributed by atoms with van der Waals surface area (Å²) in [4.78, 5) is 76.3. The number of rotatable bonds is 14. The number of aromatic nitrogens is 3. The Morgan fingerprint density at radius 2 is 1.76 bits per heavy atom. The molecule has 63 heavy (non-hydrogen) atoms. The quantitative estimate of drug-likeness (QED) is 0.173. The molecule has 2 aliphatic heterocycles. The van der Waals surface area contributed by atoms with E-state index >= 15 is 4.79 Å². The maximum Gasteiger partial charge on any atom is 0.259 e. The number of hydrogen-bond donors (Lipinski definition) is 2. The topological polar surface area (TPSA) is 193 Å². The van der Waals surface area contributed by atoms with Crippen molar-refractivity contribution in [1.82, 2.24) is 34.8 Å². The fraction of sp³-hybridized carbons (Fsp3) is 0.457. The number of carbonyl (C=O) groups excluding carboxylic acids is 4. The first-order valence-corrected chi connectivity index (χ1v) is 23.0. The molecule has 4 amide bonds. The van der Waals surface area contributed by atoms with Crippen LogP contribution < -0.4 is 24.4 Å². The molecule has 2 aromatic carbocycles. The van der Waals surface area contributed by atoms with Crippen molar-refractivity contribution in [1.29, 1.82) is 0 Å². The number of nitrogens with zero attached hydrogens (tertiary/aromatic N) is 6. The second-order valence-corrected chi connectivity index (χ2v) is 19.9. The van der Waals surface area contributed by atoms with E-state index < -0.39 is 67.9 Å². The molecule has 2 aliphatic carbocycles. The third-order valence-electron chi connectivity index (χ3n) is 12.7. The first-order chi connectivity index (χ1) is 30.1. The van der Waals surface area contributed by atoms with E-state index in [2.05, 4.69) is 31.5 Å². The largest absolute Gasteiger partial charge is 0.497 e. The summed E-state index contributed by atoms with van der Waals surface area (Å²) in [5, 5.41) is 2.92. The summed E-state index contributed by atoms with van der Waals surface area (Å²) < 4.78 is 40.3. The van der Waals surface area contributed by atoms with Gasteiger partial charge in [-0.2, -0.15) is 0 Å². The van der Waals surface area contributed by atoms with Crippen molar-refractivity contribution in [2.45, 2.75) is 75.8 Å². The summed E-state index contributed by atoms with van der Waals surface area (Å²) in [6.07, 6.45) is 6.75. The smallest absolute Gasteiger partial charge is 0.259 e. The van der Waals surface area contributed by atoms with Gasteiger partial charge in [-0.3, -0.25) is 28.9 Å². The fourth-order valence-electron chi connectivity index (χ4n) is 8.64. The number of sulfonamides is 1. The van der Waals surface area contributed by atoms with Gasteiger partial charge in [-0.15, -0.1) is 6.58 Å². The summed E-state index contributed by atoms with van der Waals surface area (Å²) in [6, 6.07) is 15.8. The minimum Gasteiger partial charge on any atom is -0.497 e. The van der Waals surface area contributed by atoms with Crippen LogP contribution in [0.1, 0.15) is 52.9 Å². The average molecular weight is 879 g/mol. The van der Waals surface area contributed by atoms with Gasteiger partial charge in [0.1, 0.15) is 35.0 Å². The Labute approximate surface area is 367 Å². The van der Waals surface area contributed by atoms with Gasteiger partial charge in [0.25, 0.3) is 5.91 Å². The molecule has 2 N–H and O–H groups in total. The zero-order valence-corrected chi connectivity index (χ0v) is 36.8. The lowest BCUT2D eigenvalue weighted by atomic mass is 9.77. The standard InChI is InChI=1S/C46H54N8O8S/c1-6-30-26-46(30,44(58)51-63(59,60)33-13-14-33)50-42(56)38-23-32(62-39-25-36(29-10-8-7-9-11-29)49-37-22-31(61-5)12-15-34(37)39)28-54(38)43(57)35(45(2,3)4)24-41(55)53-20-18-52(19-21-53)40-27-47-16-17-48-40/h6-12,15-17,22,25,27,30,32-33,35,38H,1,13-14,18-21,23-24,26,28H2,2-5H3,(H,50,56)(H,51,58)/t30?,32-,35-,38+,46-/m1/s1. The Bertz CT molecular complexity index is 2510. The van der Waals surface area contributed by atoms with Gasteiger partial charge in [-0.1, -0.05) is 57.2 Å². The van der Waals surface area contributed by atoms with E-state index in [1.54, 1.807) is 36.7 Å². The molecule has 4 heterocycles. The monoisotopic (exact) mass is 878 g/mol. The van der Waals surface area contributed by atoms with E-state index in [4.69, 9.17) is 14.5 Å². The van der Waals surface area contributed by atoms with E-state index in [0.29, 0.717) is 67.1 Å². The van der Waals surface area contributed by atoms with E-state index in [0.717, 1.165) is 11.4 Å². The minimum atomic E-state index is -3.92. The van der Waals surface area contributed by atoms with Crippen LogP contribution >= 0.6 is 0 Å². The predicted octanol–water partition coefficient (Wildman–Crippen LogP) is 4.12. The summed E-state index contributed by atoms with van der Waals surface area (Å²) in [5.41, 5.74) is -0.149. The van der Waals surface area contributed by atoms with Crippen molar-refractivity contribution in [3.63, 3.8) is 0 Å². The van der Waals surface area contributed by atoms with Crippen LogP contribution in [0.2, 0.25) is 0 Å². The summed E-state index contributed by atoms with van der Waals surface area (Å²) >= 11 is 0. The molecule has 0 radical (unpaired) electrons. The number of pyridine rings is 1. The predicted molar refractivity (Wildman–Crippen MR) is 236 cm³/mol. The SMILES string of the molecule is C=CC1C[C@]1(NC(=O)[C@@H]1C[C@@H](Oc2cc(-c3ccccc3)nc3cc(OC)ccc23)CN1C(=O)[C@@H](CC(=O)N1CCN(c2cnccn2)CC1)C(C)(C)C)C(=O)NS(=O)(=O)C1CC1. The van der Waals surface area contributed by atoms with Crippen LogP contribution in [0, 0.1) is 17.3 Å². The second-order valence-electron chi connectivity index (χ2n) is 18.0. The molecule has 332 valence electrons. The number of carbonyl (C=O) groups is 4. The van der Waals surface area contributed by atoms with Crippen molar-refractivity contribution < 1.29 is 37.1 Å². The number of nitrogens with one attached hydrogen (secondary N) is 2. The molecule has 4 aromatic rings. The van der Waals surface area contributed by atoms with Gasteiger partial charge in [0.15, 0.2) is 0 Å². The Morgan fingerprint density at radius 3 is 2.40 bits per heavy atom. The first-order valence-electron chi connectivity index (χ1n) is 21.4. The molecule has 17 heteroatoms. The zero-order chi connectivity index (χ0) is 44.7. The highest BCUT2D eigenvalue weighted by Gasteiger charge is 2.62. The lowest BCUT2D eigenvalue weighted by molar-refractivity contribution is -0.148. The Morgan fingerprint density at radius 1 is 1.02 bits per heavy atom.